The van der Waals surface area contributed by atoms with Crippen LogP contribution in [0.1, 0.15) is 43.2 Å². The topological polar surface area (TPSA) is 84.2 Å². The fraction of sp³-hybridized carbons (Fsp3) is 0.391. The van der Waals surface area contributed by atoms with Gasteiger partial charge in [-0.3, -0.25) is 9.59 Å². The maximum absolute atomic E-state index is 12.4. The van der Waals surface area contributed by atoms with Gasteiger partial charge in [-0.15, -0.1) is 0 Å². The molecular formula is C23H29N3O2. The predicted octanol–water partition coefficient (Wildman–Crippen LogP) is 3.39. The minimum Gasteiger partial charge on any atom is -0.351 e. The Bertz CT molecular complexity index is 785. The normalized spacial score (nSPS) is 15.6. The zero-order chi connectivity index (χ0) is 19.8. The monoisotopic (exact) mass is 379 g/mol. The molecule has 0 saturated heterocycles. The molecule has 0 aromatic heterocycles. The van der Waals surface area contributed by atoms with Gasteiger partial charge in [-0.25, -0.2) is 0 Å². The first-order valence-electron chi connectivity index (χ1n) is 10.1. The Labute approximate surface area is 166 Å². The maximum Gasteiger partial charge on any atom is 0.237 e. The second-order valence-electron chi connectivity index (χ2n) is 7.54. The van der Waals surface area contributed by atoms with Gasteiger partial charge in [0.25, 0.3) is 0 Å². The molecular weight excluding hydrogens is 350 g/mol. The van der Waals surface area contributed by atoms with Crippen molar-refractivity contribution in [3.05, 3.63) is 65.7 Å². The lowest BCUT2D eigenvalue weighted by Crippen LogP contribution is -2.41. The van der Waals surface area contributed by atoms with Crippen molar-refractivity contribution in [3.63, 3.8) is 0 Å². The van der Waals surface area contributed by atoms with Crippen LogP contribution in [0.3, 0.4) is 0 Å². The van der Waals surface area contributed by atoms with Crippen LogP contribution < -0.4 is 16.4 Å². The molecule has 5 nitrogen and oxygen atoms in total. The summed E-state index contributed by atoms with van der Waals surface area (Å²) in [5.74, 6) is 0.0411. The standard InChI is InChI=1S/C23H29N3O2/c24-21(15-17-8-3-1-4-9-17)23(28)25-16-18-10-7-13-20(14-18)26-22(27)19-11-5-2-6-12-19/h1,3-4,7-10,13-14,19,21H,2,5-6,11-12,15-16,24H2,(H,25,28)(H,26,27)/t21-/m0/s1. The minimum atomic E-state index is -0.586. The fourth-order valence-electron chi connectivity index (χ4n) is 3.65. The van der Waals surface area contributed by atoms with E-state index in [1.54, 1.807) is 0 Å². The average molecular weight is 380 g/mol. The molecule has 0 unspecified atom stereocenters. The summed E-state index contributed by atoms with van der Waals surface area (Å²) in [6.45, 7) is 0.383. The van der Waals surface area contributed by atoms with Crippen LogP contribution in [0.2, 0.25) is 0 Å². The van der Waals surface area contributed by atoms with Crippen LogP contribution in [0.5, 0.6) is 0 Å². The Morgan fingerprint density at radius 1 is 0.964 bits per heavy atom. The van der Waals surface area contributed by atoms with Crippen LogP contribution in [0.15, 0.2) is 54.6 Å². The molecule has 2 aromatic carbocycles. The lowest BCUT2D eigenvalue weighted by molar-refractivity contribution is -0.122. The molecule has 1 aliphatic carbocycles. The second-order valence-corrected chi connectivity index (χ2v) is 7.54. The maximum atomic E-state index is 12.4. The molecule has 2 aromatic rings. The molecule has 3 rings (SSSR count). The van der Waals surface area contributed by atoms with Crippen LogP contribution in [-0.2, 0) is 22.6 Å². The van der Waals surface area contributed by atoms with Crippen molar-refractivity contribution < 1.29 is 9.59 Å². The molecule has 148 valence electrons. The Kier molecular flexibility index (Phi) is 7.20. The van der Waals surface area contributed by atoms with Crippen LogP contribution in [0, 0.1) is 5.92 Å². The summed E-state index contributed by atoms with van der Waals surface area (Å²) >= 11 is 0. The van der Waals surface area contributed by atoms with Crippen molar-refractivity contribution in [1.82, 2.24) is 5.32 Å². The van der Waals surface area contributed by atoms with Gasteiger partial charge in [0.2, 0.25) is 11.8 Å². The van der Waals surface area contributed by atoms with Gasteiger partial charge in [-0.1, -0.05) is 61.7 Å². The van der Waals surface area contributed by atoms with E-state index in [0.29, 0.717) is 13.0 Å². The zero-order valence-corrected chi connectivity index (χ0v) is 16.2. The number of amides is 2. The Balaban J connectivity index is 1.49. The summed E-state index contributed by atoms with van der Waals surface area (Å²) in [5.41, 5.74) is 8.77. The van der Waals surface area contributed by atoms with E-state index in [2.05, 4.69) is 10.6 Å². The molecule has 1 aliphatic rings. The Hall–Kier alpha value is -2.66. The van der Waals surface area contributed by atoms with Gasteiger partial charge in [0.05, 0.1) is 6.04 Å². The first-order chi connectivity index (χ1) is 13.6. The summed E-state index contributed by atoms with van der Waals surface area (Å²) in [5, 5.41) is 5.91. The number of benzene rings is 2. The van der Waals surface area contributed by atoms with E-state index >= 15 is 0 Å². The molecule has 1 atom stereocenters. The van der Waals surface area contributed by atoms with Gasteiger partial charge >= 0.3 is 0 Å². The summed E-state index contributed by atoms with van der Waals surface area (Å²) in [7, 11) is 0. The SMILES string of the molecule is N[C@@H](Cc1ccccc1)C(=O)NCc1cccc(NC(=O)C2CCCCC2)c1. The van der Waals surface area contributed by atoms with Crippen molar-refractivity contribution >= 4 is 17.5 Å². The highest BCUT2D eigenvalue weighted by atomic mass is 16.2. The van der Waals surface area contributed by atoms with Crippen molar-refractivity contribution in [2.24, 2.45) is 11.7 Å². The molecule has 0 heterocycles. The predicted molar refractivity (Wildman–Crippen MR) is 112 cm³/mol. The Morgan fingerprint density at radius 3 is 2.43 bits per heavy atom. The minimum absolute atomic E-state index is 0.103. The largest absolute Gasteiger partial charge is 0.351 e. The van der Waals surface area contributed by atoms with Crippen molar-refractivity contribution in [2.45, 2.75) is 51.1 Å². The summed E-state index contributed by atoms with van der Waals surface area (Å²) in [6.07, 6.45) is 5.94. The van der Waals surface area contributed by atoms with Crippen molar-refractivity contribution in [3.8, 4) is 0 Å². The van der Waals surface area contributed by atoms with E-state index in [4.69, 9.17) is 5.73 Å². The third kappa shape index (κ3) is 5.92. The zero-order valence-electron chi connectivity index (χ0n) is 16.2. The smallest absolute Gasteiger partial charge is 0.237 e. The molecule has 0 bridgehead atoms. The highest BCUT2D eigenvalue weighted by Crippen LogP contribution is 2.25. The first kappa shape index (κ1) is 20.1. The van der Waals surface area contributed by atoms with Gasteiger partial charge in [-0.2, -0.15) is 0 Å². The fourth-order valence-corrected chi connectivity index (χ4v) is 3.65. The number of hydrogen-bond acceptors (Lipinski definition) is 3. The third-order valence-electron chi connectivity index (χ3n) is 5.27. The highest BCUT2D eigenvalue weighted by Gasteiger charge is 2.21. The number of anilines is 1. The number of carbonyl (C=O) groups excluding carboxylic acids is 2. The van der Waals surface area contributed by atoms with Gasteiger partial charge in [0, 0.05) is 18.2 Å². The van der Waals surface area contributed by atoms with E-state index in [-0.39, 0.29) is 17.7 Å². The van der Waals surface area contributed by atoms with Gasteiger partial charge in [0.1, 0.15) is 0 Å². The van der Waals surface area contributed by atoms with Crippen LogP contribution in [0.4, 0.5) is 5.69 Å². The molecule has 4 N–H and O–H groups in total. The third-order valence-corrected chi connectivity index (χ3v) is 5.27. The van der Waals surface area contributed by atoms with Gasteiger partial charge < -0.3 is 16.4 Å². The van der Waals surface area contributed by atoms with Crippen LogP contribution in [-0.4, -0.2) is 17.9 Å². The molecule has 1 saturated carbocycles. The molecule has 0 radical (unpaired) electrons. The van der Waals surface area contributed by atoms with E-state index in [1.165, 1.54) is 6.42 Å². The van der Waals surface area contributed by atoms with E-state index in [0.717, 1.165) is 42.5 Å². The second kappa shape index (κ2) is 10.0. The van der Waals surface area contributed by atoms with Crippen molar-refractivity contribution in [2.75, 3.05) is 5.32 Å². The molecule has 28 heavy (non-hydrogen) atoms. The average Bonchev–Trinajstić information content (AvgIpc) is 2.73. The number of rotatable bonds is 7. The highest BCUT2D eigenvalue weighted by molar-refractivity contribution is 5.92. The molecule has 0 spiro atoms. The molecule has 5 heteroatoms. The van der Waals surface area contributed by atoms with Crippen LogP contribution in [0.25, 0.3) is 0 Å². The molecule has 1 fully saturated rings. The number of carbonyl (C=O) groups is 2. The Morgan fingerprint density at radius 2 is 1.68 bits per heavy atom. The lowest BCUT2D eigenvalue weighted by atomic mass is 9.88. The van der Waals surface area contributed by atoms with Crippen molar-refractivity contribution in [1.29, 1.82) is 0 Å². The lowest BCUT2D eigenvalue weighted by Gasteiger charge is -2.21. The summed E-state index contributed by atoms with van der Waals surface area (Å²) in [6, 6.07) is 16.8. The first-order valence-corrected chi connectivity index (χ1v) is 10.1. The summed E-state index contributed by atoms with van der Waals surface area (Å²) in [4.78, 5) is 24.7. The molecule has 0 aliphatic heterocycles. The molecule has 2 amide bonds. The van der Waals surface area contributed by atoms with E-state index in [9.17, 15) is 9.59 Å². The van der Waals surface area contributed by atoms with E-state index in [1.807, 2.05) is 54.6 Å². The summed E-state index contributed by atoms with van der Waals surface area (Å²) < 4.78 is 0. The number of nitrogens with two attached hydrogens (primary N) is 1. The quantitative estimate of drug-likeness (QED) is 0.689. The number of hydrogen-bond donors (Lipinski definition) is 3. The van der Waals surface area contributed by atoms with Gasteiger partial charge in [0.15, 0.2) is 0 Å². The van der Waals surface area contributed by atoms with Gasteiger partial charge in [-0.05, 0) is 42.5 Å². The number of nitrogens with one attached hydrogen (secondary N) is 2. The van der Waals surface area contributed by atoms with Crippen LogP contribution >= 0.6 is 0 Å². The van der Waals surface area contributed by atoms with E-state index < -0.39 is 6.04 Å².